The lowest BCUT2D eigenvalue weighted by molar-refractivity contribution is -0.139. The second-order valence-corrected chi connectivity index (χ2v) is 9.65. The fourth-order valence-electron chi connectivity index (χ4n) is 4.94. The zero-order chi connectivity index (χ0) is 27.3. The number of allylic oxidation sites excluding steroid dienone is 1. The van der Waals surface area contributed by atoms with Gasteiger partial charge in [-0.25, -0.2) is 0 Å². The van der Waals surface area contributed by atoms with Crippen LogP contribution in [-0.2, 0) is 11.0 Å². The topological polar surface area (TPSA) is 53.4 Å². The van der Waals surface area contributed by atoms with Gasteiger partial charge in [0.05, 0.1) is 17.3 Å². The van der Waals surface area contributed by atoms with Crippen molar-refractivity contribution in [3.63, 3.8) is 0 Å². The van der Waals surface area contributed by atoms with E-state index in [0.29, 0.717) is 30.5 Å². The number of hydrogen-bond acceptors (Lipinski definition) is 3. The summed E-state index contributed by atoms with van der Waals surface area (Å²) < 4.78 is 39.7. The highest BCUT2D eigenvalue weighted by Gasteiger charge is 2.36. The van der Waals surface area contributed by atoms with Crippen molar-refractivity contribution in [1.29, 1.82) is 0 Å². The van der Waals surface area contributed by atoms with Gasteiger partial charge in [-0.3, -0.25) is 14.7 Å². The summed E-state index contributed by atoms with van der Waals surface area (Å²) in [5.74, 6) is 5.45. The molecule has 0 unspecified atom stereocenters. The molecule has 0 spiro atoms. The van der Waals surface area contributed by atoms with Gasteiger partial charge in [-0.1, -0.05) is 60.9 Å². The van der Waals surface area contributed by atoms with Crippen LogP contribution in [0.3, 0.4) is 0 Å². The van der Waals surface area contributed by atoms with Crippen molar-refractivity contribution in [2.45, 2.75) is 44.4 Å². The van der Waals surface area contributed by atoms with Crippen LogP contribution < -0.4 is 0 Å². The average molecular weight is 519 g/mol. The summed E-state index contributed by atoms with van der Waals surface area (Å²) in [5, 5.41) is 9.39. The molecule has 0 saturated carbocycles. The molecule has 0 radical (unpaired) electrons. The van der Waals surface area contributed by atoms with Gasteiger partial charge >= 0.3 is 12.1 Å². The van der Waals surface area contributed by atoms with Gasteiger partial charge in [0.2, 0.25) is 0 Å². The van der Waals surface area contributed by atoms with Crippen molar-refractivity contribution in [3.8, 4) is 23.1 Å². The summed E-state index contributed by atoms with van der Waals surface area (Å²) in [4.78, 5) is 18.0. The summed E-state index contributed by atoms with van der Waals surface area (Å²) in [6, 6.07) is 18.2. The molecule has 2 heterocycles. The molecule has 1 aliphatic heterocycles. The predicted octanol–water partition coefficient (Wildman–Crippen LogP) is 7.32. The van der Waals surface area contributed by atoms with Crippen molar-refractivity contribution in [1.82, 2.24) is 9.88 Å². The number of pyridine rings is 1. The van der Waals surface area contributed by atoms with Crippen molar-refractivity contribution >= 4 is 5.97 Å². The highest BCUT2D eigenvalue weighted by Crippen LogP contribution is 2.42. The number of aliphatic carboxylic acids is 1. The zero-order valence-corrected chi connectivity index (χ0v) is 21.1. The maximum absolute atomic E-state index is 13.2. The number of piperidine rings is 1. The minimum absolute atomic E-state index is 0.0197. The highest BCUT2D eigenvalue weighted by molar-refractivity contribution is 5.67. The standard InChI is InChI=1S/C31H29F3N2O2/c1-21(2)6-15-28(24-9-7-23(8-10-24)27-5-3-4-17-35-27)36-18-16-22(20-30(37)38)19-29(36)25-11-13-26(14-12-25)31(32,33)34/h3-5,7-14,17,22,28-29H,1,16,18-20H2,2H3,(H,37,38)/t22-,28-,29+/m1/s1. The van der Waals surface area contributed by atoms with E-state index in [1.807, 2.05) is 49.4 Å². The maximum Gasteiger partial charge on any atom is 0.416 e. The quantitative estimate of drug-likeness (QED) is 0.348. The number of nitrogens with zero attached hydrogens (tertiary/aromatic N) is 2. The normalized spacial score (nSPS) is 18.7. The number of rotatable bonds is 6. The van der Waals surface area contributed by atoms with E-state index < -0.39 is 17.7 Å². The molecule has 1 aliphatic rings. The number of benzene rings is 2. The molecular formula is C31H29F3N2O2. The second-order valence-electron chi connectivity index (χ2n) is 9.65. The summed E-state index contributed by atoms with van der Waals surface area (Å²) in [5.41, 5.74) is 3.44. The van der Waals surface area contributed by atoms with E-state index in [1.54, 1.807) is 6.20 Å². The van der Waals surface area contributed by atoms with E-state index in [2.05, 4.69) is 28.3 Å². The second kappa shape index (κ2) is 11.7. The predicted molar refractivity (Wildman–Crippen MR) is 141 cm³/mol. The van der Waals surface area contributed by atoms with Crippen molar-refractivity contribution in [2.24, 2.45) is 5.92 Å². The van der Waals surface area contributed by atoms with Gasteiger partial charge in [0.25, 0.3) is 0 Å². The largest absolute Gasteiger partial charge is 0.481 e. The summed E-state index contributed by atoms with van der Waals surface area (Å²) in [6.45, 7) is 6.28. The Morgan fingerprint density at radius 2 is 1.84 bits per heavy atom. The lowest BCUT2D eigenvalue weighted by atomic mass is 9.83. The molecule has 3 aromatic rings. The Balaban J connectivity index is 1.72. The SMILES string of the molecule is C=C(C)C#C[C@H](c1ccc(-c2ccccn2)cc1)N1CC[C@@H](CC(=O)O)C[C@H]1c1ccc(C(F)(F)F)cc1. The van der Waals surface area contributed by atoms with Gasteiger partial charge in [-0.2, -0.15) is 13.2 Å². The molecule has 3 atom stereocenters. The number of hydrogen-bond donors (Lipinski definition) is 1. The Kier molecular flexibility index (Phi) is 8.33. The summed E-state index contributed by atoms with van der Waals surface area (Å²) >= 11 is 0. The highest BCUT2D eigenvalue weighted by atomic mass is 19.4. The minimum Gasteiger partial charge on any atom is -0.481 e. The molecule has 196 valence electrons. The summed E-state index contributed by atoms with van der Waals surface area (Å²) in [6.07, 6.45) is -1.51. The maximum atomic E-state index is 13.2. The molecule has 1 saturated heterocycles. The molecular weight excluding hydrogens is 489 g/mol. The number of carbonyl (C=O) groups is 1. The average Bonchev–Trinajstić information content (AvgIpc) is 2.89. The molecule has 4 nitrogen and oxygen atoms in total. The Morgan fingerprint density at radius 1 is 1.13 bits per heavy atom. The molecule has 2 aromatic carbocycles. The number of aromatic nitrogens is 1. The number of carboxylic acids is 1. The van der Waals surface area contributed by atoms with Gasteiger partial charge in [0.1, 0.15) is 0 Å². The molecule has 1 fully saturated rings. The Hall–Kier alpha value is -3.89. The van der Waals surface area contributed by atoms with Gasteiger partial charge in [-0.05, 0) is 66.6 Å². The van der Waals surface area contributed by atoms with E-state index >= 15 is 0 Å². The Labute approximate surface area is 220 Å². The first-order valence-electron chi connectivity index (χ1n) is 12.4. The summed E-state index contributed by atoms with van der Waals surface area (Å²) in [7, 11) is 0. The lowest BCUT2D eigenvalue weighted by Crippen LogP contribution is -2.39. The van der Waals surface area contributed by atoms with Crippen LogP contribution in [0.25, 0.3) is 11.3 Å². The molecule has 0 amide bonds. The molecule has 1 aromatic heterocycles. The van der Waals surface area contributed by atoms with Crippen molar-refractivity contribution < 1.29 is 23.1 Å². The van der Waals surface area contributed by atoms with Crippen molar-refractivity contribution in [3.05, 3.63) is 102 Å². The number of likely N-dealkylation sites (tertiary alicyclic amines) is 1. The van der Waals surface area contributed by atoms with Crippen LogP contribution in [0.4, 0.5) is 13.2 Å². The molecule has 38 heavy (non-hydrogen) atoms. The smallest absolute Gasteiger partial charge is 0.416 e. The zero-order valence-electron chi connectivity index (χ0n) is 21.1. The third kappa shape index (κ3) is 6.70. The first-order valence-corrected chi connectivity index (χ1v) is 12.4. The van der Waals surface area contributed by atoms with Crippen LogP contribution in [0.1, 0.15) is 55.0 Å². The van der Waals surface area contributed by atoms with Gasteiger partial charge in [0.15, 0.2) is 0 Å². The molecule has 4 rings (SSSR count). The van der Waals surface area contributed by atoms with Gasteiger partial charge in [0, 0.05) is 30.8 Å². The number of halogens is 3. The molecule has 1 N–H and O–H groups in total. The fourth-order valence-corrected chi connectivity index (χ4v) is 4.94. The van der Waals surface area contributed by atoms with Crippen LogP contribution in [0.5, 0.6) is 0 Å². The van der Waals surface area contributed by atoms with Crippen LogP contribution in [0.2, 0.25) is 0 Å². The fraction of sp³-hybridized carbons (Fsp3) is 0.290. The van der Waals surface area contributed by atoms with Crippen LogP contribution in [0.15, 0.2) is 85.1 Å². The third-order valence-electron chi connectivity index (χ3n) is 6.78. The van der Waals surface area contributed by atoms with Gasteiger partial charge < -0.3 is 5.11 Å². The molecule has 0 aliphatic carbocycles. The third-order valence-corrected chi connectivity index (χ3v) is 6.78. The van der Waals surface area contributed by atoms with E-state index in [4.69, 9.17) is 0 Å². The van der Waals surface area contributed by atoms with Crippen molar-refractivity contribution in [2.75, 3.05) is 6.54 Å². The lowest BCUT2D eigenvalue weighted by Gasteiger charge is -2.42. The Morgan fingerprint density at radius 3 is 2.42 bits per heavy atom. The first-order chi connectivity index (χ1) is 18.1. The van der Waals surface area contributed by atoms with Crippen LogP contribution in [0, 0.1) is 17.8 Å². The van der Waals surface area contributed by atoms with E-state index in [0.717, 1.165) is 29.0 Å². The van der Waals surface area contributed by atoms with Crippen LogP contribution >= 0.6 is 0 Å². The van der Waals surface area contributed by atoms with Crippen LogP contribution in [-0.4, -0.2) is 27.5 Å². The van der Waals surface area contributed by atoms with Gasteiger partial charge in [-0.15, -0.1) is 0 Å². The minimum atomic E-state index is -4.43. The van der Waals surface area contributed by atoms with E-state index in [1.165, 1.54) is 12.1 Å². The monoisotopic (exact) mass is 518 g/mol. The molecule has 7 heteroatoms. The van der Waals surface area contributed by atoms with E-state index in [9.17, 15) is 23.1 Å². The molecule has 0 bridgehead atoms. The first kappa shape index (κ1) is 27.2. The number of carboxylic acid groups (broad SMARTS) is 1. The van der Waals surface area contributed by atoms with E-state index in [-0.39, 0.29) is 24.4 Å². The Bertz CT molecular complexity index is 1320. The number of alkyl halides is 3.